The molecule has 0 amide bonds. The highest BCUT2D eigenvalue weighted by molar-refractivity contribution is 6.16. The van der Waals surface area contributed by atoms with Crippen LogP contribution >= 0.6 is 0 Å². The van der Waals surface area contributed by atoms with Crippen LogP contribution in [0.5, 0.6) is 0 Å². The second-order valence-electron chi connectivity index (χ2n) is 17.2. The van der Waals surface area contributed by atoms with Crippen LogP contribution in [-0.2, 0) is 0 Å². The second-order valence-corrected chi connectivity index (χ2v) is 17.2. The van der Waals surface area contributed by atoms with Crippen LogP contribution in [0, 0.1) is 0 Å². The lowest BCUT2D eigenvalue weighted by molar-refractivity contribution is 1.07. The van der Waals surface area contributed by atoms with Crippen molar-refractivity contribution in [1.29, 1.82) is 0 Å². The first-order chi connectivity index (χ1) is 33.7. The van der Waals surface area contributed by atoms with Crippen molar-refractivity contribution >= 4 is 43.6 Å². The Bertz CT molecular complexity index is 3980. The van der Waals surface area contributed by atoms with E-state index in [1.807, 2.05) is 36.4 Å². The summed E-state index contributed by atoms with van der Waals surface area (Å²) in [5.41, 5.74) is 16.7. The van der Waals surface area contributed by atoms with Crippen molar-refractivity contribution in [1.82, 2.24) is 24.1 Å². The van der Waals surface area contributed by atoms with Gasteiger partial charge >= 0.3 is 0 Å². The third-order valence-corrected chi connectivity index (χ3v) is 13.2. The normalized spacial score (nSPS) is 11.5. The van der Waals surface area contributed by atoms with Crippen molar-refractivity contribution in [2.24, 2.45) is 0 Å². The fourth-order valence-electron chi connectivity index (χ4n) is 9.97. The minimum absolute atomic E-state index is 0.627. The van der Waals surface area contributed by atoms with Crippen LogP contribution in [-0.4, -0.2) is 24.1 Å². The van der Waals surface area contributed by atoms with Gasteiger partial charge in [0, 0.05) is 49.6 Å². The largest absolute Gasteiger partial charge is 0.309 e. The lowest BCUT2D eigenvalue weighted by atomic mass is 9.99. The monoisotopic (exact) mass is 867 g/mol. The van der Waals surface area contributed by atoms with Crippen LogP contribution in [0.15, 0.2) is 249 Å². The predicted octanol–water partition coefficient (Wildman–Crippen LogP) is 16.1. The smallest absolute Gasteiger partial charge is 0.164 e. The molecule has 0 atom stereocenters. The molecule has 0 N–H and O–H groups in total. The number of aromatic nitrogens is 5. The Morgan fingerprint density at radius 3 is 1.38 bits per heavy atom. The molecule has 0 unspecified atom stereocenters. The van der Waals surface area contributed by atoms with Crippen LogP contribution in [0.25, 0.3) is 123 Å². The highest BCUT2D eigenvalue weighted by atomic mass is 15.0. The maximum atomic E-state index is 5.10. The fourth-order valence-corrected chi connectivity index (χ4v) is 9.97. The molecule has 13 aromatic rings. The van der Waals surface area contributed by atoms with Crippen molar-refractivity contribution in [3.05, 3.63) is 249 Å². The van der Waals surface area contributed by atoms with Crippen LogP contribution in [0.3, 0.4) is 0 Å². The molecule has 0 saturated heterocycles. The molecule has 5 heteroatoms. The van der Waals surface area contributed by atoms with Gasteiger partial charge in [0.15, 0.2) is 17.5 Å². The third-order valence-electron chi connectivity index (χ3n) is 13.2. The van der Waals surface area contributed by atoms with E-state index in [9.17, 15) is 0 Å². The van der Waals surface area contributed by atoms with E-state index in [0.717, 1.165) is 55.8 Å². The van der Waals surface area contributed by atoms with Gasteiger partial charge in [-0.05, 0) is 94.0 Å². The number of hydrogen-bond donors (Lipinski definition) is 0. The average molecular weight is 868 g/mol. The van der Waals surface area contributed by atoms with Crippen LogP contribution < -0.4 is 0 Å². The van der Waals surface area contributed by atoms with Crippen LogP contribution in [0.2, 0.25) is 0 Å². The molecular weight excluding hydrogens is 827 g/mol. The summed E-state index contributed by atoms with van der Waals surface area (Å²) in [5.74, 6) is 1.90. The maximum absolute atomic E-state index is 5.10. The molecule has 0 aliphatic heterocycles. The average Bonchev–Trinajstić information content (AvgIpc) is 3.94. The fraction of sp³-hybridized carbons (Fsp3) is 0. The molecule has 0 aliphatic rings. The van der Waals surface area contributed by atoms with Crippen molar-refractivity contribution in [3.8, 4) is 78.9 Å². The summed E-state index contributed by atoms with van der Waals surface area (Å²) >= 11 is 0. The first-order valence-electron chi connectivity index (χ1n) is 23.0. The Morgan fingerprint density at radius 2 is 0.662 bits per heavy atom. The molecule has 3 heterocycles. The molecule has 5 nitrogen and oxygen atoms in total. The van der Waals surface area contributed by atoms with Gasteiger partial charge < -0.3 is 9.13 Å². The van der Waals surface area contributed by atoms with Gasteiger partial charge in [0.05, 0.1) is 22.1 Å². The summed E-state index contributed by atoms with van der Waals surface area (Å²) < 4.78 is 4.77. The van der Waals surface area contributed by atoms with Gasteiger partial charge in [-0.3, -0.25) is 0 Å². The third kappa shape index (κ3) is 6.76. The van der Waals surface area contributed by atoms with Gasteiger partial charge in [0.1, 0.15) is 0 Å². The van der Waals surface area contributed by atoms with Gasteiger partial charge in [-0.25, -0.2) is 15.0 Å². The van der Waals surface area contributed by atoms with E-state index in [0.29, 0.717) is 17.5 Å². The van der Waals surface area contributed by atoms with Crippen molar-refractivity contribution in [2.45, 2.75) is 0 Å². The number of fused-ring (bicyclic) bond motifs is 6. The first kappa shape index (κ1) is 39.2. The first-order valence-corrected chi connectivity index (χ1v) is 23.0. The molecule has 3 aromatic heterocycles. The number of benzene rings is 10. The minimum atomic E-state index is 0.627. The predicted molar refractivity (Wildman–Crippen MR) is 281 cm³/mol. The van der Waals surface area contributed by atoms with Gasteiger partial charge in [0.2, 0.25) is 0 Å². The van der Waals surface area contributed by atoms with E-state index in [-0.39, 0.29) is 0 Å². The lowest BCUT2D eigenvalue weighted by Gasteiger charge is -2.12. The molecule has 0 aliphatic carbocycles. The van der Waals surface area contributed by atoms with E-state index in [2.05, 4.69) is 221 Å². The molecule has 10 aromatic carbocycles. The lowest BCUT2D eigenvalue weighted by Crippen LogP contribution is -2.00. The molecule has 13 rings (SSSR count). The molecule has 0 bridgehead atoms. The Kier molecular flexibility index (Phi) is 9.43. The number of rotatable bonds is 8. The summed E-state index contributed by atoms with van der Waals surface area (Å²) in [6.07, 6.45) is 0. The van der Waals surface area contributed by atoms with Gasteiger partial charge in [-0.2, -0.15) is 0 Å². The van der Waals surface area contributed by atoms with E-state index >= 15 is 0 Å². The quantitative estimate of drug-likeness (QED) is 0.153. The number of hydrogen-bond acceptors (Lipinski definition) is 3. The molecule has 68 heavy (non-hydrogen) atoms. The summed E-state index contributed by atoms with van der Waals surface area (Å²) in [6.45, 7) is 0. The summed E-state index contributed by atoms with van der Waals surface area (Å²) in [4.78, 5) is 15.2. The maximum Gasteiger partial charge on any atom is 0.164 e. The topological polar surface area (TPSA) is 48.5 Å². The SMILES string of the molecule is c1ccc(-c2ccc(-c3nc(-c4ccccc4)nc(-c4cccc(-c5ccc6c(c5)c5ccccc5n6-c5ccc(-c6cccc7c6c6ccccc6n7-c6ccccc6)cc5)c4)n3)cc2)cc1. The zero-order chi connectivity index (χ0) is 45.0. The Hall–Kier alpha value is -9.19. The molecule has 0 saturated carbocycles. The number of nitrogens with zero attached hydrogens (tertiary/aromatic N) is 5. The van der Waals surface area contributed by atoms with Crippen molar-refractivity contribution < 1.29 is 0 Å². The zero-order valence-electron chi connectivity index (χ0n) is 36.9. The van der Waals surface area contributed by atoms with Gasteiger partial charge in [-0.1, -0.05) is 188 Å². The van der Waals surface area contributed by atoms with Crippen LogP contribution in [0.4, 0.5) is 0 Å². The molecular formula is C63H41N5. The van der Waals surface area contributed by atoms with Gasteiger partial charge in [0.25, 0.3) is 0 Å². The molecule has 318 valence electrons. The van der Waals surface area contributed by atoms with Gasteiger partial charge in [-0.15, -0.1) is 0 Å². The van der Waals surface area contributed by atoms with Crippen molar-refractivity contribution in [2.75, 3.05) is 0 Å². The standard InChI is InChI=1S/C63H41N5/c1-4-16-42(17-5-1)43-30-32-46(33-31-43)62-64-61(45-18-6-2-7-19-45)65-63(66-62)49-21-14-20-47(40-49)48-36-39-58-55(41-48)53-24-10-12-27-56(53)67(58)51-37-34-44(35-38-51)52-26-15-29-59-60(52)54-25-11-13-28-57(54)68(59)50-22-8-3-9-23-50/h1-41H. The molecule has 0 spiro atoms. The summed E-state index contributed by atoms with van der Waals surface area (Å²) in [6, 6.07) is 88.2. The summed E-state index contributed by atoms with van der Waals surface area (Å²) in [5, 5.41) is 4.90. The highest BCUT2D eigenvalue weighted by Gasteiger charge is 2.19. The Morgan fingerprint density at radius 1 is 0.235 bits per heavy atom. The zero-order valence-corrected chi connectivity index (χ0v) is 36.9. The van der Waals surface area contributed by atoms with E-state index in [1.54, 1.807) is 0 Å². The van der Waals surface area contributed by atoms with E-state index < -0.39 is 0 Å². The Labute approximate surface area is 393 Å². The summed E-state index contributed by atoms with van der Waals surface area (Å²) in [7, 11) is 0. The minimum Gasteiger partial charge on any atom is -0.309 e. The second kappa shape index (κ2) is 16.4. The van der Waals surface area contributed by atoms with Crippen LogP contribution in [0.1, 0.15) is 0 Å². The highest BCUT2D eigenvalue weighted by Crippen LogP contribution is 2.40. The number of para-hydroxylation sites is 3. The Balaban J connectivity index is 0.873. The van der Waals surface area contributed by atoms with Crippen molar-refractivity contribution in [3.63, 3.8) is 0 Å². The van der Waals surface area contributed by atoms with E-state index in [1.165, 1.54) is 49.3 Å². The molecule has 0 fully saturated rings. The van der Waals surface area contributed by atoms with E-state index in [4.69, 9.17) is 15.0 Å². The molecule has 0 radical (unpaired) electrons.